The fourth-order valence-electron chi connectivity index (χ4n) is 1.48. The first kappa shape index (κ1) is 19.7. The zero-order valence-corrected chi connectivity index (χ0v) is 12.1. The minimum Gasteiger partial charge on any atom is -0.466 e. The Bertz CT molecular complexity index is 222. The topological polar surface area (TPSA) is 69.4 Å². The molecule has 2 N–H and O–H groups in total. The normalized spacial score (nSPS) is 9.67. The molecule has 0 radical (unpaired) electrons. The van der Waals surface area contributed by atoms with Crippen molar-refractivity contribution in [2.45, 2.75) is 58.3 Å². The predicted octanol–water partition coefficient (Wildman–Crippen LogP) is 2.62. The van der Waals surface area contributed by atoms with Crippen molar-refractivity contribution in [3.05, 3.63) is 0 Å². The molecule has 0 aromatic heterocycles. The Hall–Kier alpha value is -0.610. The van der Waals surface area contributed by atoms with Crippen LogP contribution in [0.4, 0.5) is 0 Å². The second-order valence-electron chi connectivity index (χ2n) is 4.23. The number of Topliss-reactive ketones (excluding diaryl/α,β-unsaturated/α-hetero) is 1. The highest BCUT2D eigenvalue weighted by atomic mass is 35.5. The average molecular weight is 280 g/mol. The van der Waals surface area contributed by atoms with E-state index >= 15 is 0 Å². The summed E-state index contributed by atoms with van der Waals surface area (Å²) in [7, 11) is 0. The van der Waals surface area contributed by atoms with E-state index in [9.17, 15) is 9.59 Å². The lowest BCUT2D eigenvalue weighted by Crippen LogP contribution is -2.15. The summed E-state index contributed by atoms with van der Waals surface area (Å²) in [6, 6.07) is 0. The zero-order valence-electron chi connectivity index (χ0n) is 11.3. The van der Waals surface area contributed by atoms with E-state index in [1.807, 2.05) is 0 Å². The van der Waals surface area contributed by atoms with Crippen LogP contribution in [0.1, 0.15) is 58.3 Å². The van der Waals surface area contributed by atoms with Crippen LogP contribution in [-0.4, -0.2) is 24.9 Å². The van der Waals surface area contributed by atoms with Crippen LogP contribution in [0.5, 0.6) is 0 Å². The van der Waals surface area contributed by atoms with Crippen LogP contribution in [-0.2, 0) is 14.3 Å². The smallest absolute Gasteiger partial charge is 0.306 e. The molecule has 0 aromatic carbocycles. The first-order valence-electron chi connectivity index (χ1n) is 6.58. The van der Waals surface area contributed by atoms with Crippen LogP contribution >= 0.6 is 12.4 Å². The van der Waals surface area contributed by atoms with Crippen molar-refractivity contribution in [3.63, 3.8) is 0 Å². The van der Waals surface area contributed by atoms with Crippen molar-refractivity contribution in [2.24, 2.45) is 5.73 Å². The van der Waals surface area contributed by atoms with Gasteiger partial charge in [0.25, 0.3) is 0 Å². The van der Waals surface area contributed by atoms with Gasteiger partial charge in [0, 0.05) is 6.42 Å². The van der Waals surface area contributed by atoms with Gasteiger partial charge in [0.15, 0.2) is 0 Å². The van der Waals surface area contributed by atoms with Gasteiger partial charge in [0.2, 0.25) is 0 Å². The molecule has 0 rings (SSSR count). The summed E-state index contributed by atoms with van der Waals surface area (Å²) in [5, 5.41) is 0. The molecule has 0 atom stereocenters. The third kappa shape index (κ3) is 13.5. The molecule has 0 heterocycles. The molecule has 0 saturated carbocycles. The molecule has 18 heavy (non-hydrogen) atoms. The van der Waals surface area contributed by atoms with Crippen molar-refractivity contribution in [2.75, 3.05) is 13.2 Å². The molecule has 0 unspecified atom stereocenters. The van der Waals surface area contributed by atoms with E-state index in [0.717, 1.165) is 12.8 Å². The summed E-state index contributed by atoms with van der Waals surface area (Å²) < 4.78 is 5.01. The van der Waals surface area contributed by atoms with Crippen LogP contribution in [0.3, 0.4) is 0 Å². The van der Waals surface area contributed by atoms with Gasteiger partial charge in [-0.3, -0.25) is 9.59 Å². The van der Waals surface area contributed by atoms with Crippen LogP contribution in [0.25, 0.3) is 0 Å². The van der Waals surface area contributed by atoms with Crippen LogP contribution in [0.15, 0.2) is 0 Å². The predicted molar refractivity (Wildman–Crippen MR) is 74.9 cm³/mol. The average Bonchev–Trinajstić information content (AvgIpc) is 2.34. The molecule has 0 spiro atoms. The highest BCUT2D eigenvalue weighted by Crippen LogP contribution is 2.05. The highest BCUT2D eigenvalue weighted by Gasteiger charge is 2.06. The quantitative estimate of drug-likeness (QED) is 0.466. The minimum absolute atomic E-state index is 0. The number of esters is 1. The molecule has 108 valence electrons. The molecule has 0 saturated heterocycles. The summed E-state index contributed by atoms with van der Waals surface area (Å²) >= 11 is 0. The van der Waals surface area contributed by atoms with Crippen molar-refractivity contribution in [3.8, 4) is 0 Å². The fourth-order valence-corrected chi connectivity index (χ4v) is 1.48. The summed E-state index contributed by atoms with van der Waals surface area (Å²) in [5.41, 5.74) is 5.14. The summed E-state index contributed by atoms with van der Waals surface area (Å²) in [6.45, 7) is 2.66. The van der Waals surface area contributed by atoms with Crippen molar-refractivity contribution in [1.82, 2.24) is 0 Å². The standard InChI is InChI=1S/C13H25NO3.ClH/c1-2-3-4-5-6-7-10-17-13(16)9-8-12(15)11-14;/h2-11,14H2,1H3;1H. The van der Waals surface area contributed by atoms with Gasteiger partial charge in [0.05, 0.1) is 19.6 Å². The molecule has 0 aliphatic carbocycles. The molecular weight excluding hydrogens is 254 g/mol. The van der Waals surface area contributed by atoms with Gasteiger partial charge in [-0.15, -0.1) is 12.4 Å². The third-order valence-corrected chi connectivity index (χ3v) is 2.60. The molecular formula is C13H26ClNO3. The summed E-state index contributed by atoms with van der Waals surface area (Å²) in [5.74, 6) is -0.387. The lowest BCUT2D eigenvalue weighted by Gasteiger charge is -2.04. The number of hydrogen-bond donors (Lipinski definition) is 1. The number of halogens is 1. The van der Waals surface area contributed by atoms with E-state index in [2.05, 4.69) is 6.92 Å². The molecule has 5 heteroatoms. The van der Waals surface area contributed by atoms with Gasteiger partial charge in [-0.05, 0) is 6.42 Å². The first-order chi connectivity index (χ1) is 8.20. The van der Waals surface area contributed by atoms with Gasteiger partial charge in [0.1, 0.15) is 5.78 Å². The van der Waals surface area contributed by atoms with Crippen LogP contribution in [0.2, 0.25) is 0 Å². The number of hydrogen-bond acceptors (Lipinski definition) is 4. The van der Waals surface area contributed by atoms with Gasteiger partial charge in [-0.1, -0.05) is 39.0 Å². The number of nitrogens with two attached hydrogens (primary N) is 1. The maximum atomic E-state index is 11.2. The number of ether oxygens (including phenoxy) is 1. The van der Waals surface area contributed by atoms with Gasteiger partial charge in [-0.2, -0.15) is 0 Å². The Morgan fingerprint density at radius 2 is 1.61 bits per heavy atom. The monoisotopic (exact) mass is 279 g/mol. The minimum atomic E-state index is -0.291. The molecule has 4 nitrogen and oxygen atoms in total. The maximum Gasteiger partial charge on any atom is 0.306 e. The zero-order chi connectivity index (χ0) is 12.9. The van der Waals surface area contributed by atoms with Crippen LogP contribution < -0.4 is 5.73 Å². The van der Waals surface area contributed by atoms with E-state index in [4.69, 9.17) is 10.5 Å². The molecule has 0 aliphatic heterocycles. The van der Waals surface area contributed by atoms with Gasteiger partial charge < -0.3 is 10.5 Å². The van der Waals surface area contributed by atoms with E-state index in [-0.39, 0.29) is 43.5 Å². The Balaban J connectivity index is 0. The number of carbonyl (C=O) groups is 2. The molecule has 0 aliphatic rings. The highest BCUT2D eigenvalue weighted by molar-refractivity contribution is 5.85. The van der Waals surface area contributed by atoms with Gasteiger partial charge in [-0.25, -0.2) is 0 Å². The Morgan fingerprint density at radius 1 is 1.00 bits per heavy atom. The second-order valence-corrected chi connectivity index (χ2v) is 4.23. The van der Waals surface area contributed by atoms with E-state index < -0.39 is 0 Å². The van der Waals surface area contributed by atoms with Crippen molar-refractivity contribution < 1.29 is 14.3 Å². The van der Waals surface area contributed by atoms with Crippen LogP contribution in [0, 0.1) is 0 Å². The molecule has 0 bridgehead atoms. The number of rotatable bonds is 11. The Labute approximate surface area is 116 Å². The molecule has 0 fully saturated rings. The summed E-state index contributed by atoms with van der Waals surface area (Å²) in [4.78, 5) is 22.0. The number of carbonyl (C=O) groups excluding carboxylic acids is 2. The lowest BCUT2D eigenvalue weighted by atomic mass is 10.1. The fraction of sp³-hybridized carbons (Fsp3) is 0.846. The van der Waals surface area contributed by atoms with Gasteiger partial charge >= 0.3 is 5.97 Å². The van der Waals surface area contributed by atoms with E-state index in [0.29, 0.717) is 6.61 Å². The second kappa shape index (κ2) is 14.5. The Kier molecular flexibility index (Phi) is 15.8. The lowest BCUT2D eigenvalue weighted by molar-refractivity contribution is -0.144. The van der Waals surface area contributed by atoms with E-state index in [1.54, 1.807) is 0 Å². The maximum absolute atomic E-state index is 11.2. The van der Waals surface area contributed by atoms with E-state index in [1.165, 1.54) is 25.7 Å². The molecule has 0 amide bonds. The third-order valence-electron chi connectivity index (χ3n) is 2.60. The first-order valence-corrected chi connectivity index (χ1v) is 6.58. The molecule has 0 aromatic rings. The van der Waals surface area contributed by atoms with Crippen molar-refractivity contribution in [1.29, 1.82) is 0 Å². The van der Waals surface area contributed by atoms with Crippen molar-refractivity contribution >= 4 is 24.2 Å². The number of unbranched alkanes of at least 4 members (excludes halogenated alkanes) is 5. The summed E-state index contributed by atoms with van der Waals surface area (Å²) in [6.07, 6.45) is 7.37. The number of ketones is 1. The SMILES string of the molecule is CCCCCCCCOC(=O)CCC(=O)CN.Cl. The Morgan fingerprint density at radius 3 is 2.22 bits per heavy atom. The largest absolute Gasteiger partial charge is 0.466 e.